The molecular formula is C24H27FN4O6. The summed E-state index contributed by atoms with van der Waals surface area (Å²) in [5.74, 6) is -1.40. The lowest BCUT2D eigenvalue weighted by Gasteiger charge is -2.32. The summed E-state index contributed by atoms with van der Waals surface area (Å²) < 4.78 is 19.8. The number of nitrogens with zero attached hydrogens (tertiary/aromatic N) is 1. The minimum absolute atomic E-state index is 0.174. The van der Waals surface area contributed by atoms with E-state index in [1.165, 1.54) is 23.1 Å². The summed E-state index contributed by atoms with van der Waals surface area (Å²) in [4.78, 5) is 68.4. The number of aromatic nitrogens is 2. The van der Waals surface area contributed by atoms with Crippen molar-refractivity contribution in [2.45, 2.75) is 63.4 Å². The molecule has 3 aliphatic rings. The summed E-state index contributed by atoms with van der Waals surface area (Å²) in [6.45, 7) is 1.58. The zero-order valence-corrected chi connectivity index (χ0v) is 19.3. The van der Waals surface area contributed by atoms with Crippen LogP contribution in [0.15, 0.2) is 27.8 Å². The van der Waals surface area contributed by atoms with E-state index in [1.807, 2.05) is 0 Å². The number of carbonyl (C=O) groups excluding carboxylic acids is 3. The minimum atomic E-state index is -1.46. The van der Waals surface area contributed by atoms with Gasteiger partial charge in [-0.05, 0) is 42.9 Å². The van der Waals surface area contributed by atoms with Gasteiger partial charge in [0.25, 0.3) is 5.91 Å². The Morgan fingerprint density at radius 1 is 1.17 bits per heavy atom. The van der Waals surface area contributed by atoms with Crippen molar-refractivity contribution in [2.24, 2.45) is 5.41 Å². The Morgan fingerprint density at radius 2 is 1.86 bits per heavy atom. The Labute approximate surface area is 199 Å². The zero-order chi connectivity index (χ0) is 24.9. The van der Waals surface area contributed by atoms with Crippen molar-refractivity contribution in [1.29, 1.82) is 0 Å². The molecule has 0 spiro atoms. The van der Waals surface area contributed by atoms with Gasteiger partial charge in [-0.2, -0.15) is 0 Å². The number of rotatable bonds is 5. The molecule has 1 saturated carbocycles. The van der Waals surface area contributed by atoms with Gasteiger partial charge in [0.15, 0.2) is 5.78 Å². The molecule has 0 bridgehead atoms. The van der Waals surface area contributed by atoms with Crippen LogP contribution in [0.3, 0.4) is 0 Å². The molecule has 2 aromatic rings. The number of ketones is 1. The lowest BCUT2D eigenvalue weighted by molar-refractivity contribution is -0.138. The highest BCUT2D eigenvalue weighted by atomic mass is 19.1. The lowest BCUT2D eigenvalue weighted by Crippen LogP contribution is -2.53. The minimum Gasteiger partial charge on any atom is -0.365 e. The van der Waals surface area contributed by atoms with Crippen molar-refractivity contribution in [3.63, 3.8) is 0 Å². The number of H-pyrrole nitrogens is 2. The molecule has 10 nitrogen and oxygen atoms in total. The molecule has 3 N–H and O–H groups in total. The highest BCUT2D eigenvalue weighted by Crippen LogP contribution is 2.42. The second-order valence-electron chi connectivity index (χ2n) is 10.1. The van der Waals surface area contributed by atoms with Gasteiger partial charge in [-0.3, -0.25) is 24.0 Å². The number of hydrogen-bond donors (Lipinski definition) is 3. The number of Topliss-reactive ketones (excluding diaryl/α,β-unsaturated/α-hetero) is 1. The molecule has 186 valence electrons. The number of hydrogen-bond acceptors (Lipinski definition) is 6. The van der Waals surface area contributed by atoms with Gasteiger partial charge in [-0.15, -0.1) is 0 Å². The van der Waals surface area contributed by atoms with Crippen LogP contribution in [0, 0.1) is 5.41 Å². The number of halogens is 1. The maximum Gasteiger partial charge on any atom is 0.314 e. The number of nitrogens with one attached hydrogen (secondary N) is 3. The van der Waals surface area contributed by atoms with Gasteiger partial charge in [-0.25, -0.2) is 4.39 Å². The highest BCUT2D eigenvalue weighted by Gasteiger charge is 2.54. The number of alkyl halides is 1. The normalized spacial score (nSPS) is 26.2. The lowest BCUT2D eigenvalue weighted by atomic mass is 9.81. The predicted octanol–water partition coefficient (Wildman–Crippen LogP) is 0.802. The second-order valence-corrected chi connectivity index (χ2v) is 10.1. The van der Waals surface area contributed by atoms with E-state index in [1.54, 1.807) is 0 Å². The standard InChI is InChI=1S/C24H27FN4O6/c1-24(6-2-3-7-24)9-16(23(34)29-10-13(25)19-18(29)17(30)11-35-19)28-20(31)12-4-5-14-15(8-12)27-22(33)21(32)26-14/h4-5,8,13,16,18-19H,2-3,6-7,9-11H2,1H3,(H,26,32)(H,27,33)(H,28,31)/t13-,16-,18+,19+/m0/s1. The van der Waals surface area contributed by atoms with Crippen LogP contribution < -0.4 is 16.4 Å². The third kappa shape index (κ3) is 4.29. The molecule has 1 aliphatic carbocycles. The topological polar surface area (TPSA) is 141 Å². The first-order valence-corrected chi connectivity index (χ1v) is 11.8. The molecule has 3 fully saturated rings. The number of benzene rings is 1. The molecule has 11 heteroatoms. The smallest absolute Gasteiger partial charge is 0.314 e. The van der Waals surface area contributed by atoms with Crippen LogP contribution in [0.1, 0.15) is 49.4 Å². The van der Waals surface area contributed by atoms with E-state index in [9.17, 15) is 28.4 Å². The van der Waals surface area contributed by atoms with Crippen LogP contribution >= 0.6 is 0 Å². The van der Waals surface area contributed by atoms with Gasteiger partial charge < -0.3 is 24.9 Å². The average molecular weight is 487 g/mol. The number of fused-ring (bicyclic) bond motifs is 2. The van der Waals surface area contributed by atoms with Gasteiger partial charge in [0, 0.05) is 5.56 Å². The number of likely N-dealkylation sites (tertiary alicyclic amines) is 1. The monoisotopic (exact) mass is 486 g/mol. The molecule has 0 radical (unpaired) electrons. The van der Waals surface area contributed by atoms with Crippen LogP contribution in [0.25, 0.3) is 11.0 Å². The van der Waals surface area contributed by atoms with Crippen molar-refractivity contribution in [2.75, 3.05) is 13.2 Å². The van der Waals surface area contributed by atoms with Crippen molar-refractivity contribution in [3.8, 4) is 0 Å². The summed E-state index contributed by atoms with van der Waals surface area (Å²) >= 11 is 0. The zero-order valence-electron chi connectivity index (χ0n) is 19.3. The SMILES string of the molecule is CC1(C[C@H](NC(=O)c2ccc3[nH]c(=O)c(=O)[nH]c3c2)C(=O)N2C[C@H](F)[C@H]3OCC(=O)[C@H]32)CCCC1. The van der Waals surface area contributed by atoms with E-state index in [0.717, 1.165) is 25.7 Å². The Bertz CT molecular complexity index is 1310. The number of carbonyl (C=O) groups is 3. The Morgan fingerprint density at radius 3 is 2.57 bits per heavy atom. The van der Waals surface area contributed by atoms with E-state index < -0.39 is 47.3 Å². The van der Waals surface area contributed by atoms with E-state index in [2.05, 4.69) is 22.2 Å². The van der Waals surface area contributed by atoms with Crippen LogP contribution in [0.5, 0.6) is 0 Å². The van der Waals surface area contributed by atoms with Crippen LogP contribution in [0.2, 0.25) is 0 Å². The van der Waals surface area contributed by atoms with Gasteiger partial charge in [0.1, 0.15) is 31.0 Å². The van der Waals surface area contributed by atoms with E-state index in [0.29, 0.717) is 11.9 Å². The Kier molecular flexibility index (Phi) is 5.82. The molecule has 5 rings (SSSR count). The molecule has 2 saturated heterocycles. The van der Waals surface area contributed by atoms with Gasteiger partial charge in [-0.1, -0.05) is 19.8 Å². The van der Waals surface area contributed by atoms with Crippen LogP contribution in [-0.2, 0) is 14.3 Å². The van der Waals surface area contributed by atoms with Crippen LogP contribution in [0.4, 0.5) is 4.39 Å². The third-order valence-corrected chi connectivity index (χ3v) is 7.50. The summed E-state index contributed by atoms with van der Waals surface area (Å²) in [7, 11) is 0. The molecule has 3 heterocycles. The summed E-state index contributed by atoms with van der Waals surface area (Å²) in [5, 5.41) is 2.79. The molecule has 2 amide bonds. The maximum atomic E-state index is 14.5. The molecule has 0 unspecified atom stereocenters. The summed E-state index contributed by atoms with van der Waals surface area (Å²) in [6, 6.07) is 2.44. The Hall–Kier alpha value is -3.34. The van der Waals surface area contributed by atoms with E-state index in [4.69, 9.17) is 4.74 Å². The third-order valence-electron chi connectivity index (χ3n) is 7.50. The van der Waals surface area contributed by atoms with Gasteiger partial charge >= 0.3 is 11.1 Å². The summed E-state index contributed by atoms with van der Waals surface area (Å²) in [5.41, 5.74) is -1.02. The first-order chi connectivity index (χ1) is 16.6. The summed E-state index contributed by atoms with van der Waals surface area (Å²) in [6.07, 6.45) is 1.77. The molecule has 1 aromatic heterocycles. The number of aromatic amines is 2. The predicted molar refractivity (Wildman–Crippen MR) is 123 cm³/mol. The molecule has 4 atom stereocenters. The van der Waals surface area contributed by atoms with Gasteiger partial charge in [0.2, 0.25) is 5.91 Å². The molecule has 1 aromatic carbocycles. The van der Waals surface area contributed by atoms with Gasteiger partial charge in [0.05, 0.1) is 17.6 Å². The molecular weight excluding hydrogens is 459 g/mol. The maximum absolute atomic E-state index is 14.5. The fraction of sp³-hybridized carbons (Fsp3) is 0.542. The van der Waals surface area contributed by atoms with E-state index in [-0.39, 0.29) is 35.4 Å². The quantitative estimate of drug-likeness (QED) is 0.534. The highest BCUT2D eigenvalue weighted by molar-refractivity contribution is 6.01. The van der Waals surface area contributed by atoms with Crippen molar-refractivity contribution in [3.05, 3.63) is 44.5 Å². The van der Waals surface area contributed by atoms with Crippen molar-refractivity contribution < 1.29 is 23.5 Å². The number of amides is 2. The molecule has 2 aliphatic heterocycles. The first-order valence-electron chi connectivity index (χ1n) is 11.8. The average Bonchev–Trinajstić information content (AvgIpc) is 3.51. The van der Waals surface area contributed by atoms with Crippen molar-refractivity contribution >= 4 is 28.6 Å². The Balaban J connectivity index is 1.42. The number of ether oxygens (including phenoxy) is 1. The fourth-order valence-corrected chi connectivity index (χ4v) is 5.65. The fourth-order valence-electron chi connectivity index (χ4n) is 5.65. The first kappa shape index (κ1) is 23.4. The molecule has 35 heavy (non-hydrogen) atoms. The largest absolute Gasteiger partial charge is 0.365 e. The van der Waals surface area contributed by atoms with E-state index >= 15 is 0 Å². The van der Waals surface area contributed by atoms with Crippen molar-refractivity contribution in [1.82, 2.24) is 20.2 Å². The van der Waals surface area contributed by atoms with Crippen LogP contribution in [-0.4, -0.2) is 70.0 Å². The second kappa shape index (κ2) is 8.71.